The number of rotatable bonds is 6. The quantitative estimate of drug-likeness (QED) is 0.799. The number of thiocarbonyl (C=S) groups is 1. The SMILES string of the molecule is COc1ccccc1CCNc1ccc(C(N)=S)cn1. The van der Waals surface area contributed by atoms with Crippen LogP contribution >= 0.6 is 12.2 Å². The van der Waals surface area contributed by atoms with Crippen LogP contribution < -0.4 is 15.8 Å². The monoisotopic (exact) mass is 287 g/mol. The van der Waals surface area contributed by atoms with E-state index in [-0.39, 0.29) is 0 Å². The smallest absolute Gasteiger partial charge is 0.125 e. The predicted octanol–water partition coefficient (Wildman–Crippen LogP) is 2.38. The van der Waals surface area contributed by atoms with E-state index in [0.29, 0.717) is 4.99 Å². The third-order valence-electron chi connectivity index (χ3n) is 2.94. The number of para-hydroxylation sites is 1. The minimum Gasteiger partial charge on any atom is -0.496 e. The molecular formula is C15H17N3OS. The van der Waals surface area contributed by atoms with Crippen LogP contribution in [0.25, 0.3) is 0 Å². The Hall–Kier alpha value is -2.14. The first-order valence-electron chi connectivity index (χ1n) is 6.32. The fraction of sp³-hybridized carbons (Fsp3) is 0.200. The van der Waals surface area contributed by atoms with Gasteiger partial charge in [0.1, 0.15) is 16.6 Å². The molecule has 0 saturated heterocycles. The summed E-state index contributed by atoms with van der Waals surface area (Å²) >= 11 is 4.89. The first-order chi connectivity index (χ1) is 9.70. The topological polar surface area (TPSA) is 60.2 Å². The molecule has 4 nitrogen and oxygen atoms in total. The molecule has 1 aromatic carbocycles. The number of hydrogen-bond donors (Lipinski definition) is 2. The van der Waals surface area contributed by atoms with Crippen molar-refractivity contribution >= 4 is 23.0 Å². The number of nitrogens with zero attached hydrogens (tertiary/aromatic N) is 1. The van der Waals surface area contributed by atoms with Gasteiger partial charge in [0, 0.05) is 18.3 Å². The highest BCUT2D eigenvalue weighted by Gasteiger charge is 2.02. The van der Waals surface area contributed by atoms with E-state index >= 15 is 0 Å². The molecule has 0 bridgehead atoms. The van der Waals surface area contributed by atoms with E-state index in [1.807, 2.05) is 30.3 Å². The van der Waals surface area contributed by atoms with Gasteiger partial charge in [-0.3, -0.25) is 0 Å². The summed E-state index contributed by atoms with van der Waals surface area (Å²) in [6.07, 6.45) is 2.54. The predicted molar refractivity (Wildman–Crippen MR) is 85.3 cm³/mol. The van der Waals surface area contributed by atoms with Gasteiger partial charge in [-0.05, 0) is 30.2 Å². The van der Waals surface area contributed by atoms with Gasteiger partial charge in [-0.25, -0.2) is 4.98 Å². The summed E-state index contributed by atoms with van der Waals surface area (Å²) in [6.45, 7) is 0.778. The fourth-order valence-electron chi connectivity index (χ4n) is 1.88. The second-order valence-corrected chi connectivity index (χ2v) is 4.72. The van der Waals surface area contributed by atoms with E-state index in [0.717, 1.165) is 30.1 Å². The summed E-state index contributed by atoms with van der Waals surface area (Å²) in [6, 6.07) is 11.7. The molecule has 1 heterocycles. The zero-order valence-electron chi connectivity index (χ0n) is 11.3. The van der Waals surface area contributed by atoms with Crippen LogP contribution in [0.4, 0.5) is 5.82 Å². The first kappa shape index (κ1) is 14.3. The van der Waals surface area contributed by atoms with Gasteiger partial charge in [0.15, 0.2) is 0 Å². The number of methoxy groups -OCH3 is 1. The number of hydrogen-bond acceptors (Lipinski definition) is 4. The summed E-state index contributed by atoms with van der Waals surface area (Å²) in [4.78, 5) is 4.62. The highest BCUT2D eigenvalue weighted by atomic mass is 32.1. The van der Waals surface area contributed by atoms with Crippen LogP contribution in [-0.2, 0) is 6.42 Å². The molecule has 104 valence electrons. The fourth-order valence-corrected chi connectivity index (χ4v) is 2.00. The number of nitrogens with two attached hydrogens (primary N) is 1. The van der Waals surface area contributed by atoms with E-state index in [1.54, 1.807) is 13.3 Å². The van der Waals surface area contributed by atoms with Crippen molar-refractivity contribution in [1.82, 2.24) is 4.98 Å². The number of nitrogens with one attached hydrogen (secondary N) is 1. The van der Waals surface area contributed by atoms with Gasteiger partial charge in [0.05, 0.1) is 7.11 Å². The van der Waals surface area contributed by atoms with Crippen molar-refractivity contribution in [3.8, 4) is 5.75 Å². The zero-order valence-corrected chi connectivity index (χ0v) is 12.1. The van der Waals surface area contributed by atoms with Gasteiger partial charge < -0.3 is 15.8 Å². The normalized spacial score (nSPS) is 10.1. The average Bonchev–Trinajstić information content (AvgIpc) is 2.48. The maximum Gasteiger partial charge on any atom is 0.125 e. The number of aromatic nitrogens is 1. The summed E-state index contributed by atoms with van der Waals surface area (Å²) in [5, 5.41) is 3.26. The molecule has 20 heavy (non-hydrogen) atoms. The number of pyridine rings is 1. The van der Waals surface area contributed by atoms with Crippen LogP contribution in [0.2, 0.25) is 0 Å². The standard InChI is InChI=1S/C15H17N3OS/c1-19-13-5-3-2-4-11(13)8-9-17-14-7-6-12(10-18-14)15(16)20/h2-7,10H,8-9H2,1H3,(H2,16,20)(H,17,18). The summed E-state index contributed by atoms with van der Waals surface area (Å²) in [7, 11) is 1.68. The highest BCUT2D eigenvalue weighted by molar-refractivity contribution is 7.80. The molecule has 0 radical (unpaired) electrons. The molecule has 0 fully saturated rings. The Balaban J connectivity index is 1.91. The molecule has 1 aromatic heterocycles. The van der Waals surface area contributed by atoms with Crippen molar-refractivity contribution in [1.29, 1.82) is 0 Å². The van der Waals surface area contributed by atoms with Crippen LogP contribution in [0, 0.1) is 0 Å². The lowest BCUT2D eigenvalue weighted by molar-refractivity contribution is 0.410. The van der Waals surface area contributed by atoms with Gasteiger partial charge in [-0.1, -0.05) is 30.4 Å². The minimum absolute atomic E-state index is 0.359. The van der Waals surface area contributed by atoms with Gasteiger partial charge >= 0.3 is 0 Å². The molecule has 3 N–H and O–H groups in total. The Morgan fingerprint density at radius 2 is 2.10 bits per heavy atom. The van der Waals surface area contributed by atoms with Crippen molar-refractivity contribution in [2.75, 3.05) is 19.0 Å². The van der Waals surface area contributed by atoms with Crippen molar-refractivity contribution in [3.63, 3.8) is 0 Å². The van der Waals surface area contributed by atoms with Crippen LogP contribution in [0.5, 0.6) is 5.75 Å². The van der Waals surface area contributed by atoms with E-state index in [2.05, 4.69) is 16.4 Å². The number of anilines is 1. The Labute approximate surface area is 124 Å². The molecule has 2 rings (SSSR count). The van der Waals surface area contributed by atoms with Crippen molar-refractivity contribution in [2.24, 2.45) is 5.73 Å². The molecule has 0 aliphatic carbocycles. The summed E-state index contributed by atoms with van der Waals surface area (Å²) in [5.41, 5.74) is 7.47. The third-order valence-corrected chi connectivity index (χ3v) is 3.18. The van der Waals surface area contributed by atoms with Gasteiger partial charge in [-0.15, -0.1) is 0 Å². The van der Waals surface area contributed by atoms with Crippen LogP contribution in [-0.4, -0.2) is 23.6 Å². The summed E-state index contributed by atoms with van der Waals surface area (Å²) in [5.74, 6) is 1.71. The van der Waals surface area contributed by atoms with Crippen LogP contribution in [0.15, 0.2) is 42.6 Å². The molecule has 0 atom stereocenters. The first-order valence-corrected chi connectivity index (χ1v) is 6.73. The van der Waals surface area contributed by atoms with E-state index < -0.39 is 0 Å². The molecule has 0 amide bonds. The molecule has 5 heteroatoms. The van der Waals surface area contributed by atoms with Crippen LogP contribution in [0.1, 0.15) is 11.1 Å². The lowest BCUT2D eigenvalue weighted by Crippen LogP contribution is -2.11. The Morgan fingerprint density at radius 1 is 1.30 bits per heavy atom. The maximum atomic E-state index is 5.53. The second-order valence-electron chi connectivity index (χ2n) is 4.28. The number of benzene rings is 1. The molecule has 0 aliphatic rings. The Morgan fingerprint density at radius 3 is 2.75 bits per heavy atom. The van der Waals surface area contributed by atoms with Gasteiger partial charge in [0.2, 0.25) is 0 Å². The van der Waals surface area contributed by atoms with Gasteiger partial charge in [-0.2, -0.15) is 0 Å². The summed E-state index contributed by atoms with van der Waals surface area (Å²) < 4.78 is 5.32. The Kier molecular flexibility index (Phi) is 4.90. The van der Waals surface area contributed by atoms with E-state index in [4.69, 9.17) is 22.7 Å². The van der Waals surface area contributed by atoms with E-state index in [1.165, 1.54) is 5.56 Å². The molecule has 0 spiro atoms. The van der Waals surface area contributed by atoms with Crippen molar-refractivity contribution in [2.45, 2.75) is 6.42 Å². The second kappa shape index (κ2) is 6.86. The number of ether oxygens (including phenoxy) is 1. The van der Waals surface area contributed by atoms with Crippen LogP contribution in [0.3, 0.4) is 0 Å². The molecule has 0 aliphatic heterocycles. The van der Waals surface area contributed by atoms with Crippen molar-refractivity contribution in [3.05, 3.63) is 53.7 Å². The molecule has 0 saturated carbocycles. The molecule has 0 unspecified atom stereocenters. The lowest BCUT2D eigenvalue weighted by Gasteiger charge is -2.09. The largest absolute Gasteiger partial charge is 0.496 e. The van der Waals surface area contributed by atoms with Gasteiger partial charge in [0.25, 0.3) is 0 Å². The average molecular weight is 287 g/mol. The zero-order chi connectivity index (χ0) is 14.4. The van der Waals surface area contributed by atoms with Crippen molar-refractivity contribution < 1.29 is 4.74 Å². The third kappa shape index (κ3) is 3.68. The highest BCUT2D eigenvalue weighted by Crippen LogP contribution is 2.17. The lowest BCUT2D eigenvalue weighted by atomic mass is 10.1. The minimum atomic E-state index is 0.359. The molecular weight excluding hydrogens is 270 g/mol. The Bertz CT molecular complexity index is 584. The van der Waals surface area contributed by atoms with E-state index in [9.17, 15) is 0 Å². The maximum absolute atomic E-state index is 5.53. The molecule has 2 aromatic rings.